The van der Waals surface area contributed by atoms with Crippen LogP contribution < -0.4 is 5.32 Å². The van der Waals surface area contributed by atoms with E-state index in [1.54, 1.807) is 0 Å². The summed E-state index contributed by atoms with van der Waals surface area (Å²) >= 11 is 0. The first kappa shape index (κ1) is 11.5. The quantitative estimate of drug-likeness (QED) is 0.639. The summed E-state index contributed by atoms with van der Waals surface area (Å²) in [6, 6.07) is 3.52. The fourth-order valence-corrected chi connectivity index (χ4v) is 1.92. The normalized spacial score (nSPS) is 19.1. The highest BCUT2D eigenvalue weighted by Crippen LogP contribution is 2.22. The number of nitrogens with zero attached hydrogens (tertiary/aromatic N) is 1. The first-order chi connectivity index (χ1) is 8.08. The van der Waals surface area contributed by atoms with E-state index in [0.717, 1.165) is 6.07 Å². The van der Waals surface area contributed by atoms with E-state index in [-0.39, 0.29) is 23.9 Å². The number of carbonyl (C=O) groups is 1. The number of nitro benzene ring substituents is 1. The van der Waals surface area contributed by atoms with E-state index in [1.807, 2.05) is 0 Å². The Morgan fingerprint density at radius 2 is 2.29 bits per heavy atom. The van der Waals surface area contributed by atoms with E-state index in [9.17, 15) is 19.3 Å². The second-order valence-corrected chi connectivity index (χ2v) is 4.01. The van der Waals surface area contributed by atoms with Crippen molar-refractivity contribution in [1.29, 1.82) is 0 Å². The van der Waals surface area contributed by atoms with Gasteiger partial charge in [0.15, 0.2) is 0 Å². The first-order valence-corrected chi connectivity index (χ1v) is 5.28. The molecule has 1 aliphatic rings. The number of rotatable bonds is 3. The van der Waals surface area contributed by atoms with Crippen LogP contribution in [0, 0.1) is 21.8 Å². The standard InChI is InChI=1S/C11H11FN2O3/c12-10-6-9(14(16)17)2-1-7(10)5-8-3-4-13-11(8)15/h1-2,6,8H,3-5H2,(H,13,15). The van der Waals surface area contributed by atoms with Crippen LogP contribution in [0.1, 0.15) is 12.0 Å². The summed E-state index contributed by atoms with van der Waals surface area (Å²) in [5.74, 6) is -0.937. The van der Waals surface area contributed by atoms with Gasteiger partial charge in [-0.3, -0.25) is 14.9 Å². The molecule has 0 radical (unpaired) electrons. The molecule has 1 aromatic rings. The van der Waals surface area contributed by atoms with E-state index in [2.05, 4.69) is 5.32 Å². The predicted octanol–water partition coefficient (Wildman–Crippen LogP) is 1.41. The van der Waals surface area contributed by atoms with Gasteiger partial charge in [0.05, 0.1) is 11.0 Å². The fraction of sp³-hybridized carbons (Fsp3) is 0.364. The van der Waals surface area contributed by atoms with Crippen LogP contribution in [0.4, 0.5) is 10.1 Å². The molecule has 0 aliphatic carbocycles. The Morgan fingerprint density at radius 1 is 1.53 bits per heavy atom. The Hall–Kier alpha value is -1.98. The van der Waals surface area contributed by atoms with Crippen molar-refractivity contribution in [3.8, 4) is 0 Å². The van der Waals surface area contributed by atoms with Crippen molar-refractivity contribution < 1.29 is 14.1 Å². The van der Waals surface area contributed by atoms with Gasteiger partial charge >= 0.3 is 0 Å². The number of hydrogen-bond donors (Lipinski definition) is 1. The molecule has 1 atom stereocenters. The SMILES string of the molecule is O=C1NCCC1Cc1ccc([N+](=O)[O-])cc1F. The van der Waals surface area contributed by atoms with Crippen molar-refractivity contribution in [2.75, 3.05) is 6.54 Å². The zero-order valence-corrected chi connectivity index (χ0v) is 8.98. The Bertz CT molecular complexity index is 476. The number of amides is 1. The van der Waals surface area contributed by atoms with E-state index in [1.165, 1.54) is 12.1 Å². The average molecular weight is 238 g/mol. The van der Waals surface area contributed by atoms with Crippen LogP contribution in [0.2, 0.25) is 0 Å². The maximum Gasteiger partial charge on any atom is 0.272 e. The summed E-state index contributed by atoms with van der Waals surface area (Å²) in [5.41, 5.74) is 0.0692. The molecule has 0 aromatic heterocycles. The summed E-state index contributed by atoms with van der Waals surface area (Å²) in [4.78, 5) is 21.1. The second-order valence-electron chi connectivity index (χ2n) is 4.01. The van der Waals surface area contributed by atoms with Gasteiger partial charge in [0.25, 0.3) is 5.69 Å². The summed E-state index contributed by atoms with van der Waals surface area (Å²) in [5, 5.41) is 13.1. The minimum Gasteiger partial charge on any atom is -0.356 e. The topological polar surface area (TPSA) is 72.2 Å². The third-order valence-corrected chi connectivity index (χ3v) is 2.88. The van der Waals surface area contributed by atoms with E-state index < -0.39 is 10.7 Å². The third kappa shape index (κ3) is 2.41. The van der Waals surface area contributed by atoms with Crippen LogP contribution in [0.5, 0.6) is 0 Å². The van der Waals surface area contributed by atoms with Crippen LogP contribution in [0.25, 0.3) is 0 Å². The minimum atomic E-state index is -0.644. The summed E-state index contributed by atoms with van der Waals surface area (Å²) in [7, 11) is 0. The van der Waals surface area contributed by atoms with E-state index >= 15 is 0 Å². The monoisotopic (exact) mass is 238 g/mol. The number of non-ortho nitro benzene ring substituents is 1. The van der Waals surface area contributed by atoms with Gasteiger partial charge in [-0.25, -0.2) is 4.39 Å². The smallest absolute Gasteiger partial charge is 0.272 e. The Kier molecular flexibility index (Phi) is 3.03. The third-order valence-electron chi connectivity index (χ3n) is 2.88. The van der Waals surface area contributed by atoms with E-state index in [4.69, 9.17) is 0 Å². The molecule has 1 amide bonds. The lowest BCUT2D eigenvalue weighted by atomic mass is 9.97. The zero-order valence-electron chi connectivity index (χ0n) is 8.98. The molecule has 1 heterocycles. The Balaban J connectivity index is 2.16. The van der Waals surface area contributed by atoms with Crippen molar-refractivity contribution in [3.63, 3.8) is 0 Å². The average Bonchev–Trinajstić information content (AvgIpc) is 2.67. The molecule has 1 aliphatic heterocycles. The highest BCUT2D eigenvalue weighted by Gasteiger charge is 2.25. The lowest BCUT2D eigenvalue weighted by Crippen LogP contribution is -2.20. The molecule has 6 heteroatoms. The molecule has 0 saturated carbocycles. The number of hydrogen-bond acceptors (Lipinski definition) is 3. The summed E-state index contributed by atoms with van der Waals surface area (Å²) in [6.07, 6.45) is 0.963. The van der Waals surface area contributed by atoms with Crippen LogP contribution in [0.15, 0.2) is 18.2 Å². The van der Waals surface area contributed by atoms with Gasteiger partial charge in [0, 0.05) is 18.5 Å². The highest BCUT2D eigenvalue weighted by molar-refractivity contribution is 5.80. The predicted molar refractivity (Wildman–Crippen MR) is 57.9 cm³/mol. The maximum absolute atomic E-state index is 13.6. The molecule has 0 spiro atoms. The number of nitro groups is 1. The first-order valence-electron chi connectivity index (χ1n) is 5.28. The molecule has 2 rings (SSSR count). The van der Waals surface area contributed by atoms with Gasteiger partial charge < -0.3 is 5.32 Å². The van der Waals surface area contributed by atoms with Gasteiger partial charge in [-0.2, -0.15) is 0 Å². The van der Waals surface area contributed by atoms with Gasteiger partial charge in [-0.15, -0.1) is 0 Å². The van der Waals surface area contributed by atoms with Crippen LogP contribution in [-0.4, -0.2) is 17.4 Å². The van der Waals surface area contributed by atoms with Gasteiger partial charge in [-0.1, -0.05) is 0 Å². The number of carbonyl (C=O) groups excluding carboxylic acids is 1. The van der Waals surface area contributed by atoms with E-state index in [0.29, 0.717) is 18.5 Å². The molecule has 5 nitrogen and oxygen atoms in total. The molecular formula is C11H11FN2O3. The van der Waals surface area contributed by atoms with Crippen molar-refractivity contribution in [2.24, 2.45) is 5.92 Å². The molecule has 1 unspecified atom stereocenters. The van der Waals surface area contributed by atoms with Crippen molar-refractivity contribution in [2.45, 2.75) is 12.8 Å². The largest absolute Gasteiger partial charge is 0.356 e. The summed E-state index contributed by atoms with van der Waals surface area (Å²) in [6.45, 7) is 0.609. The van der Waals surface area contributed by atoms with Crippen molar-refractivity contribution in [1.82, 2.24) is 5.32 Å². The van der Waals surface area contributed by atoms with Gasteiger partial charge in [-0.05, 0) is 24.5 Å². The van der Waals surface area contributed by atoms with Gasteiger partial charge in [0.1, 0.15) is 5.82 Å². The van der Waals surface area contributed by atoms with Crippen LogP contribution in [-0.2, 0) is 11.2 Å². The van der Waals surface area contributed by atoms with Crippen LogP contribution >= 0.6 is 0 Å². The lowest BCUT2D eigenvalue weighted by molar-refractivity contribution is -0.385. The highest BCUT2D eigenvalue weighted by atomic mass is 19.1. The molecule has 90 valence electrons. The molecule has 1 N–H and O–H groups in total. The fourth-order valence-electron chi connectivity index (χ4n) is 1.92. The molecule has 1 saturated heterocycles. The van der Waals surface area contributed by atoms with Crippen molar-refractivity contribution >= 4 is 11.6 Å². The number of nitrogens with one attached hydrogen (secondary N) is 1. The summed E-state index contributed by atoms with van der Waals surface area (Å²) < 4.78 is 13.6. The number of benzene rings is 1. The minimum absolute atomic E-state index is 0.0808. The van der Waals surface area contributed by atoms with Crippen LogP contribution in [0.3, 0.4) is 0 Å². The lowest BCUT2D eigenvalue weighted by Gasteiger charge is -2.07. The van der Waals surface area contributed by atoms with Crippen molar-refractivity contribution in [3.05, 3.63) is 39.7 Å². The Labute approximate surface area is 96.8 Å². The second kappa shape index (κ2) is 4.48. The Morgan fingerprint density at radius 3 is 2.82 bits per heavy atom. The molecular weight excluding hydrogens is 227 g/mol. The molecule has 0 bridgehead atoms. The molecule has 1 fully saturated rings. The maximum atomic E-state index is 13.6. The molecule has 17 heavy (non-hydrogen) atoms. The van der Waals surface area contributed by atoms with Gasteiger partial charge in [0.2, 0.25) is 5.91 Å². The number of halogens is 1. The molecule has 1 aromatic carbocycles. The zero-order chi connectivity index (χ0) is 12.4.